The molecule has 0 saturated carbocycles. The smallest absolute Gasteiger partial charge is 0.193 e. The highest BCUT2D eigenvalue weighted by molar-refractivity contribution is 6.16. The van der Waals surface area contributed by atoms with Crippen molar-refractivity contribution in [3.63, 3.8) is 0 Å². The summed E-state index contributed by atoms with van der Waals surface area (Å²) in [6.07, 6.45) is 1.62. The Morgan fingerprint density at radius 3 is 2.61 bits per heavy atom. The third-order valence-corrected chi connectivity index (χ3v) is 3.00. The van der Waals surface area contributed by atoms with Gasteiger partial charge in [-0.2, -0.15) is 0 Å². The van der Waals surface area contributed by atoms with Crippen LogP contribution in [0.3, 0.4) is 0 Å². The van der Waals surface area contributed by atoms with E-state index in [0.29, 0.717) is 11.1 Å². The van der Waals surface area contributed by atoms with Crippen LogP contribution in [0.1, 0.15) is 21.5 Å². The fourth-order valence-electron chi connectivity index (χ4n) is 2.14. The molecule has 0 fully saturated rings. The maximum absolute atomic E-state index is 12.5. The van der Waals surface area contributed by atoms with Crippen molar-refractivity contribution >= 4 is 16.8 Å². The molecule has 0 spiro atoms. The van der Waals surface area contributed by atoms with Crippen LogP contribution in [0, 0.1) is 6.92 Å². The van der Waals surface area contributed by atoms with E-state index in [1.807, 2.05) is 55.5 Å². The molecule has 3 aromatic rings. The number of rotatable bonds is 2. The first kappa shape index (κ1) is 10.8. The summed E-state index contributed by atoms with van der Waals surface area (Å²) in [4.78, 5) is 12.5. The average Bonchev–Trinajstić information content (AvgIpc) is 2.86. The van der Waals surface area contributed by atoms with Crippen molar-refractivity contribution in [3.8, 4) is 0 Å². The van der Waals surface area contributed by atoms with Crippen LogP contribution in [-0.2, 0) is 0 Å². The van der Waals surface area contributed by atoms with Gasteiger partial charge < -0.3 is 4.42 Å². The molecule has 0 aliphatic carbocycles. The van der Waals surface area contributed by atoms with Crippen molar-refractivity contribution in [1.82, 2.24) is 0 Å². The standard InChI is InChI=1S/C16H12O2/c1-11-9-14(13-7-8-18-15(13)10-11)16(17)12-5-3-2-4-6-12/h2-10H,1H3. The van der Waals surface area contributed by atoms with E-state index in [1.54, 1.807) is 6.26 Å². The van der Waals surface area contributed by atoms with Crippen LogP contribution in [0.4, 0.5) is 0 Å². The number of hydrogen-bond donors (Lipinski definition) is 0. The summed E-state index contributed by atoms with van der Waals surface area (Å²) in [7, 11) is 0. The van der Waals surface area contributed by atoms with Gasteiger partial charge in [0.25, 0.3) is 0 Å². The van der Waals surface area contributed by atoms with Gasteiger partial charge in [-0.3, -0.25) is 4.79 Å². The highest BCUT2D eigenvalue weighted by Gasteiger charge is 2.14. The number of ketones is 1. The van der Waals surface area contributed by atoms with E-state index in [1.165, 1.54) is 0 Å². The Hall–Kier alpha value is -2.35. The van der Waals surface area contributed by atoms with Gasteiger partial charge in [-0.15, -0.1) is 0 Å². The van der Waals surface area contributed by atoms with Gasteiger partial charge in [-0.05, 0) is 30.7 Å². The Morgan fingerprint density at radius 1 is 1.06 bits per heavy atom. The molecular formula is C16H12O2. The third kappa shape index (κ3) is 1.72. The van der Waals surface area contributed by atoms with E-state index in [4.69, 9.17) is 4.42 Å². The van der Waals surface area contributed by atoms with Gasteiger partial charge in [-0.25, -0.2) is 0 Å². The van der Waals surface area contributed by atoms with Gasteiger partial charge in [0.15, 0.2) is 5.78 Å². The number of aryl methyl sites for hydroxylation is 1. The molecule has 2 heteroatoms. The van der Waals surface area contributed by atoms with Crippen molar-refractivity contribution < 1.29 is 9.21 Å². The molecule has 2 aromatic carbocycles. The minimum Gasteiger partial charge on any atom is -0.464 e. The lowest BCUT2D eigenvalue weighted by molar-refractivity contribution is 0.104. The summed E-state index contributed by atoms with van der Waals surface area (Å²) in [5.41, 5.74) is 3.18. The monoisotopic (exact) mass is 236 g/mol. The Kier molecular flexibility index (Phi) is 2.49. The van der Waals surface area contributed by atoms with E-state index in [0.717, 1.165) is 16.5 Å². The maximum Gasteiger partial charge on any atom is 0.193 e. The molecule has 0 radical (unpaired) electrons. The zero-order valence-corrected chi connectivity index (χ0v) is 10.0. The zero-order chi connectivity index (χ0) is 12.5. The molecule has 2 nitrogen and oxygen atoms in total. The first-order chi connectivity index (χ1) is 8.75. The summed E-state index contributed by atoms with van der Waals surface area (Å²) < 4.78 is 5.37. The van der Waals surface area contributed by atoms with Gasteiger partial charge in [0, 0.05) is 16.5 Å². The molecule has 0 amide bonds. The molecule has 0 aliphatic rings. The van der Waals surface area contributed by atoms with Crippen LogP contribution >= 0.6 is 0 Å². The number of carbonyl (C=O) groups is 1. The Balaban J connectivity index is 2.20. The molecule has 18 heavy (non-hydrogen) atoms. The van der Waals surface area contributed by atoms with Crippen LogP contribution in [0.5, 0.6) is 0 Å². The molecule has 0 unspecified atom stereocenters. The topological polar surface area (TPSA) is 30.2 Å². The molecule has 0 aliphatic heterocycles. The largest absolute Gasteiger partial charge is 0.464 e. The molecule has 3 rings (SSSR count). The van der Waals surface area contributed by atoms with Crippen molar-refractivity contribution in [2.45, 2.75) is 6.92 Å². The zero-order valence-electron chi connectivity index (χ0n) is 10.0. The Morgan fingerprint density at radius 2 is 1.83 bits per heavy atom. The summed E-state index contributed by atoms with van der Waals surface area (Å²) >= 11 is 0. The fourth-order valence-corrected chi connectivity index (χ4v) is 2.14. The van der Waals surface area contributed by atoms with Gasteiger partial charge >= 0.3 is 0 Å². The molecule has 0 atom stereocenters. The lowest BCUT2D eigenvalue weighted by Crippen LogP contribution is -2.01. The molecule has 1 aromatic heterocycles. The van der Waals surface area contributed by atoms with Crippen molar-refractivity contribution in [3.05, 3.63) is 71.5 Å². The predicted octanol–water partition coefficient (Wildman–Crippen LogP) is 3.97. The minimum absolute atomic E-state index is 0.0331. The van der Waals surface area contributed by atoms with Crippen molar-refractivity contribution in [2.24, 2.45) is 0 Å². The number of furan rings is 1. The second-order valence-corrected chi connectivity index (χ2v) is 4.34. The summed E-state index contributed by atoms with van der Waals surface area (Å²) in [6, 6.07) is 15.0. The molecule has 0 N–H and O–H groups in total. The Bertz CT molecular complexity index is 708. The second-order valence-electron chi connectivity index (χ2n) is 4.34. The Labute approximate surface area is 105 Å². The fraction of sp³-hybridized carbons (Fsp3) is 0.0625. The van der Waals surface area contributed by atoms with Crippen molar-refractivity contribution in [2.75, 3.05) is 0 Å². The summed E-state index contributed by atoms with van der Waals surface area (Å²) in [5.74, 6) is 0.0331. The summed E-state index contributed by atoms with van der Waals surface area (Å²) in [5, 5.41) is 0.870. The minimum atomic E-state index is 0.0331. The number of hydrogen-bond acceptors (Lipinski definition) is 2. The van der Waals surface area contributed by atoms with E-state index >= 15 is 0 Å². The molecule has 0 bridgehead atoms. The second kappa shape index (κ2) is 4.15. The molecular weight excluding hydrogens is 224 g/mol. The van der Waals surface area contributed by atoms with E-state index in [-0.39, 0.29) is 5.78 Å². The molecule has 1 heterocycles. The van der Waals surface area contributed by atoms with Crippen molar-refractivity contribution in [1.29, 1.82) is 0 Å². The highest BCUT2D eigenvalue weighted by Crippen LogP contribution is 2.24. The van der Waals surface area contributed by atoms with Crippen LogP contribution in [0.15, 0.2) is 59.2 Å². The van der Waals surface area contributed by atoms with Gasteiger partial charge in [-0.1, -0.05) is 30.3 Å². The van der Waals surface area contributed by atoms with E-state index in [2.05, 4.69) is 0 Å². The first-order valence-corrected chi connectivity index (χ1v) is 5.83. The maximum atomic E-state index is 12.5. The van der Waals surface area contributed by atoms with Gasteiger partial charge in [0.2, 0.25) is 0 Å². The normalized spacial score (nSPS) is 10.7. The van der Waals surface area contributed by atoms with Gasteiger partial charge in [0.1, 0.15) is 5.58 Å². The first-order valence-electron chi connectivity index (χ1n) is 5.83. The number of benzene rings is 2. The lowest BCUT2D eigenvalue weighted by atomic mass is 9.98. The van der Waals surface area contributed by atoms with Crippen LogP contribution < -0.4 is 0 Å². The van der Waals surface area contributed by atoms with Gasteiger partial charge in [0.05, 0.1) is 6.26 Å². The average molecular weight is 236 g/mol. The highest BCUT2D eigenvalue weighted by atomic mass is 16.3. The van der Waals surface area contributed by atoms with Crippen LogP contribution in [0.25, 0.3) is 11.0 Å². The molecule has 88 valence electrons. The number of carbonyl (C=O) groups excluding carboxylic acids is 1. The SMILES string of the molecule is Cc1cc(C(=O)c2ccccc2)c2ccoc2c1. The lowest BCUT2D eigenvalue weighted by Gasteiger charge is -2.04. The predicted molar refractivity (Wildman–Crippen MR) is 70.8 cm³/mol. The number of fused-ring (bicyclic) bond motifs is 1. The summed E-state index contributed by atoms with van der Waals surface area (Å²) in [6.45, 7) is 1.96. The quantitative estimate of drug-likeness (QED) is 0.630. The molecule has 0 saturated heterocycles. The van der Waals surface area contributed by atoms with E-state index < -0.39 is 0 Å². The van der Waals surface area contributed by atoms with E-state index in [9.17, 15) is 4.79 Å². The van der Waals surface area contributed by atoms with Crippen LogP contribution in [0.2, 0.25) is 0 Å². The van der Waals surface area contributed by atoms with Crippen LogP contribution in [-0.4, -0.2) is 5.78 Å². The third-order valence-electron chi connectivity index (χ3n) is 3.00.